The predicted molar refractivity (Wildman–Crippen MR) is 79.1 cm³/mol. The van der Waals surface area contributed by atoms with Crippen LogP contribution in [0.4, 0.5) is 0 Å². The molecular formula is C15H12N2O3S. The zero-order chi connectivity index (χ0) is 14.7. The van der Waals surface area contributed by atoms with Crippen LogP contribution in [0.25, 0.3) is 10.8 Å². The first-order valence-electron chi connectivity index (χ1n) is 6.28. The molecule has 2 aromatic heterocycles. The van der Waals surface area contributed by atoms with Gasteiger partial charge in [-0.1, -0.05) is 36.0 Å². The summed E-state index contributed by atoms with van der Waals surface area (Å²) in [6.45, 7) is 0. The summed E-state index contributed by atoms with van der Waals surface area (Å²) in [5.41, 5.74) is 0. The Morgan fingerprint density at radius 2 is 2.14 bits per heavy atom. The number of esters is 1. The molecule has 6 heteroatoms. The fourth-order valence-corrected chi connectivity index (χ4v) is 2.79. The molecular weight excluding hydrogens is 288 g/mol. The van der Waals surface area contributed by atoms with Gasteiger partial charge in [-0.25, -0.2) is 4.79 Å². The number of ether oxygens (including phenoxy) is 1. The summed E-state index contributed by atoms with van der Waals surface area (Å²) in [5, 5.41) is 11.1. The standard InChI is InChI=1S/C15H12N2O3S/c1-19-15(18)13-7-6-11(20-13)9-21-14-12-5-3-2-4-10(12)8-16-17-14/h2-8H,9H2,1H3. The molecule has 2 heterocycles. The smallest absolute Gasteiger partial charge is 0.373 e. The Morgan fingerprint density at radius 1 is 1.29 bits per heavy atom. The molecule has 1 aromatic carbocycles. The lowest BCUT2D eigenvalue weighted by molar-refractivity contribution is 0.0563. The van der Waals surface area contributed by atoms with Gasteiger partial charge in [0.15, 0.2) is 0 Å². The van der Waals surface area contributed by atoms with Crippen LogP contribution in [0.5, 0.6) is 0 Å². The maximum absolute atomic E-state index is 11.3. The molecule has 21 heavy (non-hydrogen) atoms. The minimum atomic E-state index is -0.476. The number of hydrogen-bond donors (Lipinski definition) is 0. The van der Waals surface area contributed by atoms with Crippen molar-refractivity contribution in [1.82, 2.24) is 10.2 Å². The first-order chi connectivity index (χ1) is 10.3. The van der Waals surface area contributed by atoms with Gasteiger partial charge in [-0.15, -0.1) is 5.10 Å². The molecule has 0 aliphatic rings. The highest BCUT2D eigenvalue weighted by molar-refractivity contribution is 7.98. The van der Waals surface area contributed by atoms with Crippen LogP contribution < -0.4 is 0 Å². The van der Waals surface area contributed by atoms with E-state index in [2.05, 4.69) is 14.9 Å². The summed E-state index contributed by atoms with van der Waals surface area (Å²) in [7, 11) is 1.32. The normalized spacial score (nSPS) is 10.7. The maximum atomic E-state index is 11.3. The summed E-state index contributed by atoms with van der Waals surface area (Å²) in [6, 6.07) is 11.3. The number of methoxy groups -OCH3 is 1. The van der Waals surface area contributed by atoms with Crippen molar-refractivity contribution in [1.29, 1.82) is 0 Å². The molecule has 0 fully saturated rings. The molecule has 106 valence electrons. The average molecular weight is 300 g/mol. The van der Waals surface area contributed by atoms with E-state index in [-0.39, 0.29) is 5.76 Å². The van der Waals surface area contributed by atoms with Gasteiger partial charge in [-0.3, -0.25) is 0 Å². The van der Waals surface area contributed by atoms with E-state index in [4.69, 9.17) is 4.42 Å². The molecule has 3 aromatic rings. The molecule has 0 N–H and O–H groups in total. The lowest BCUT2D eigenvalue weighted by Gasteiger charge is -2.02. The Morgan fingerprint density at radius 3 is 3.00 bits per heavy atom. The molecule has 0 unspecified atom stereocenters. The molecule has 3 rings (SSSR count). The Bertz CT molecular complexity index is 780. The second-order valence-electron chi connectivity index (χ2n) is 4.28. The van der Waals surface area contributed by atoms with Gasteiger partial charge < -0.3 is 9.15 Å². The van der Waals surface area contributed by atoms with Crippen LogP contribution in [0.15, 0.2) is 52.0 Å². The zero-order valence-corrected chi connectivity index (χ0v) is 12.1. The summed E-state index contributed by atoms with van der Waals surface area (Å²) < 4.78 is 10.0. The van der Waals surface area contributed by atoms with E-state index in [0.29, 0.717) is 11.5 Å². The van der Waals surface area contributed by atoms with Crippen molar-refractivity contribution < 1.29 is 13.9 Å². The van der Waals surface area contributed by atoms with Crippen LogP contribution in [-0.4, -0.2) is 23.3 Å². The van der Waals surface area contributed by atoms with Crippen LogP contribution in [0, 0.1) is 0 Å². The van der Waals surface area contributed by atoms with E-state index >= 15 is 0 Å². The highest BCUT2D eigenvalue weighted by atomic mass is 32.2. The minimum Gasteiger partial charge on any atom is -0.463 e. The van der Waals surface area contributed by atoms with Crippen molar-refractivity contribution in [3.63, 3.8) is 0 Å². The SMILES string of the molecule is COC(=O)c1ccc(CSc2nncc3ccccc23)o1. The van der Waals surface area contributed by atoms with Crippen molar-refractivity contribution >= 4 is 28.5 Å². The fourth-order valence-electron chi connectivity index (χ4n) is 1.91. The third-order valence-electron chi connectivity index (χ3n) is 2.94. The lowest BCUT2D eigenvalue weighted by atomic mass is 10.2. The highest BCUT2D eigenvalue weighted by Crippen LogP contribution is 2.28. The second-order valence-corrected chi connectivity index (χ2v) is 5.25. The van der Waals surface area contributed by atoms with E-state index < -0.39 is 5.97 Å². The van der Waals surface area contributed by atoms with Crippen molar-refractivity contribution in [3.8, 4) is 0 Å². The van der Waals surface area contributed by atoms with E-state index in [9.17, 15) is 4.79 Å². The van der Waals surface area contributed by atoms with Crippen molar-refractivity contribution in [2.45, 2.75) is 10.8 Å². The number of rotatable bonds is 4. The average Bonchev–Trinajstić information content (AvgIpc) is 3.01. The molecule has 0 aliphatic heterocycles. The lowest BCUT2D eigenvalue weighted by Crippen LogP contribution is -1.98. The quantitative estimate of drug-likeness (QED) is 0.544. The largest absolute Gasteiger partial charge is 0.463 e. The molecule has 0 atom stereocenters. The number of benzene rings is 1. The first kappa shape index (κ1) is 13.6. The van der Waals surface area contributed by atoms with Crippen LogP contribution in [0.3, 0.4) is 0 Å². The number of hydrogen-bond acceptors (Lipinski definition) is 6. The number of aromatic nitrogens is 2. The number of nitrogens with zero attached hydrogens (tertiary/aromatic N) is 2. The number of furan rings is 1. The number of carbonyl (C=O) groups is 1. The molecule has 0 spiro atoms. The number of thioether (sulfide) groups is 1. The minimum absolute atomic E-state index is 0.206. The van der Waals surface area contributed by atoms with Gasteiger partial charge in [0, 0.05) is 10.8 Å². The monoisotopic (exact) mass is 300 g/mol. The van der Waals surface area contributed by atoms with Gasteiger partial charge in [0.1, 0.15) is 10.8 Å². The molecule has 5 nitrogen and oxygen atoms in total. The van der Waals surface area contributed by atoms with E-state index in [1.807, 2.05) is 24.3 Å². The maximum Gasteiger partial charge on any atom is 0.373 e. The number of fused-ring (bicyclic) bond motifs is 1. The molecule has 0 radical (unpaired) electrons. The molecule has 0 amide bonds. The summed E-state index contributed by atoms with van der Waals surface area (Å²) in [5.74, 6) is 0.989. The van der Waals surface area contributed by atoms with Crippen LogP contribution in [0.2, 0.25) is 0 Å². The molecule has 0 aliphatic carbocycles. The predicted octanol–water partition coefficient (Wildman–Crippen LogP) is 3.30. The fraction of sp³-hybridized carbons (Fsp3) is 0.133. The van der Waals surface area contributed by atoms with Crippen LogP contribution in [0.1, 0.15) is 16.3 Å². The Hall–Kier alpha value is -2.34. The van der Waals surface area contributed by atoms with Gasteiger partial charge in [-0.05, 0) is 12.1 Å². The van der Waals surface area contributed by atoms with Crippen LogP contribution in [-0.2, 0) is 10.5 Å². The third-order valence-corrected chi connectivity index (χ3v) is 3.94. The third kappa shape index (κ3) is 2.90. The molecule has 0 bridgehead atoms. The van der Waals surface area contributed by atoms with Crippen LogP contribution >= 0.6 is 11.8 Å². The first-order valence-corrected chi connectivity index (χ1v) is 7.27. The zero-order valence-electron chi connectivity index (χ0n) is 11.3. The Kier molecular flexibility index (Phi) is 3.87. The number of carbonyl (C=O) groups excluding carboxylic acids is 1. The van der Waals surface area contributed by atoms with Gasteiger partial charge in [0.25, 0.3) is 0 Å². The Labute approximate surface area is 125 Å². The van der Waals surface area contributed by atoms with E-state index in [1.165, 1.54) is 18.9 Å². The van der Waals surface area contributed by atoms with E-state index in [0.717, 1.165) is 15.8 Å². The molecule has 0 saturated carbocycles. The Balaban J connectivity index is 1.77. The molecule has 0 saturated heterocycles. The van der Waals surface area contributed by atoms with Gasteiger partial charge in [0.05, 0.1) is 19.1 Å². The summed E-state index contributed by atoms with van der Waals surface area (Å²) in [4.78, 5) is 11.3. The summed E-state index contributed by atoms with van der Waals surface area (Å²) >= 11 is 1.52. The van der Waals surface area contributed by atoms with Crippen molar-refractivity contribution in [2.75, 3.05) is 7.11 Å². The highest BCUT2D eigenvalue weighted by Gasteiger charge is 2.12. The van der Waals surface area contributed by atoms with Gasteiger partial charge >= 0.3 is 5.97 Å². The van der Waals surface area contributed by atoms with Gasteiger partial charge in [0.2, 0.25) is 5.76 Å². The van der Waals surface area contributed by atoms with Crippen molar-refractivity contribution in [3.05, 3.63) is 54.1 Å². The van der Waals surface area contributed by atoms with Crippen molar-refractivity contribution in [2.24, 2.45) is 0 Å². The summed E-state index contributed by atoms with van der Waals surface area (Å²) in [6.07, 6.45) is 1.74. The van der Waals surface area contributed by atoms with Gasteiger partial charge in [-0.2, -0.15) is 5.10 Å². The second kappa shape index (κ2) is 5.97. The topological polar surface area (TPSA) is 65.2 Å². The van der Waals surface area contributed by atoms with E-state index in [1.54, 1.807) is 18.3 Å².